The molecule has 0 saturated carbocycles. The van der Waals surface area contributed by atoms with Crippen LogP contribution in [0.5, 0.6) is 5.88 Å². The highest BCUT2D eigenvalue weighted by Gasteiger charge is 1.99. The number of hydrogen-bond acceptors (Lipinski definition) is 3. The number of hydrogen-bond donors (Lipinski definition) is 1. The van der Waals surface area contributed by atoms with Gasteiger partial charge in [-0.3, -0.25) is 0 Å². The van der Waals surface area contributed by atoms with Crippen molar-refractivity contribution >= 4 is 0 Å². The first-order valence-electron chi connectivity index (χ1n) is 6.44. The monoisotopic (exact) mass is 256 g/mol. The second-order valence-electron chi connectivity index (χ2n) is 4.81. The van der Waals surface area contributed by atoms with Crippen LogP contribution in [0, 0.1) is 13.8 Å². The van der Waals surface area contributed by atoms with Gasteiger partial charge in [-0.05, 0) is 31.0 Å². The number of aryl methyl sites for hydroxylation is 2. The van der Waals surface area contributed by atoms with Gasteiger partial charge in [-0.25, -0.2) is 4.98 Å². The summed E-state index contributed by atoms with van der Waals surface area (Å²) in [6.45, 7) is 5.94. The van der Waals surface area contributed by atoms with Gasteiger partial charge in [0.1, 0.15) is 0 Å². The number of nitrogens with one attached hydrogen (secondary N) is 1. The maximum Gasteiger partial charge on any atom is 0.213 e. The first-order valence-corrected chi connectivity index (χ1v) is 6.44. The molecule has 0 unspecified atom stereocenters. The number of nitrogens with zero attached hydrogens (tertiary/aromatic N) is 1. The fraction of sp³-hybridized carbons (Fsp3) is 0.312. The Morgan fingerprint density at radius 3 is 2.37 bits per heavy atom. The van der Waals surface area contributed by atoms with Crippen LogP contribution in [0.3, 0.4) is 0 Å². The van der Waals surface area contributed by atoms with Gasteiger partial charge in [-0.2, -0.15) is 0 Å². The van der Waals surface area contributed by atoms with Gasteiger partial charge in [0.2, 0.25) is 5.88 Å². The highest BCUT2D eigenvalue weighted by atomic mass is 16.5. The van der Waals surface area contributed by atoms with E-state index in [9.17, 15) is 0 Å². The van der Waals surface area contributed by atoms with Gasteiger partial charge in [-0.1, -0.05) is 29.3 Å². The summed E-state index contributed by atoms with van der Waals surface area (Å²) in [6.07, 6.45) is 1.77. The van der Waals surface area contributed by atoms with Crippen LogP contribution in [-0.2, 0) is 13.1 Å². The molecule has 1 aromatic carbocycles. The number of aromatic nitrogens is 1. The summed E-state index contributed by atoms with van der Waals surface area (Å²) in [4.78, 5) is 4.10. The van der Waals surface area contributed by atoms with Crippen LogP contribution in [0.1, 0.15) is 22.3 Å². The van der Waals surface area contributed by atoms with Crippen molar-refractivity contribution in [3.63, 3.8) is 0 Å². The van der Waals surface area contributed by atoms with Crippen LogP contribution in [0.25, 0.3) is 0 Å². The lowest BCUT2D eigenvalue weighted by Gasteiger charge is -2.08. The Morgan fingerprint density at radius 1 is 1.00 bits per heavy atom. The Morgan fingerprint density at radius 2 is 1.68 bits per heavy atom. The Bertz CT molecular complexity index is 532. The van der Waals surface area contributed by atoms with Crippen LogP contribution in [0.4, 0.5) is 0 Å². The van der Waals surface area contributed by atoms with E-state index in [1.807, 2.05) is 12.1 Å². The standard InChI is InChI=1S/C16H20N2O/c1-12-6-13(2)8-15(7-12)11-17-10-14-4-5-18-16(9-14)19-3/h4-9,17H,10-11H2,1-3H3. The lowest BCUT2D eigenvalue weighted by Crippen LogP contribution is -2.13. The van der Waals surface area contributed by atoms with E-state index in [4.69, 9.17) is 4.74 Å². The molecule has 0 saturated heterocycles. The highest BCUT2D eigenvalue weighted by Crippen LogP contribution is 2.10. The lowest BCUT2D eigenvalue weighted by atomic mass is 10.1. The Labute approximate surface area is 114 Å². The molecule has 3 nitrogen and oxygen atoms in total. The molecule has 0 fully saturated rings. The SMILES string of the molecule is COc1cc(CNCc2cc(C)cc(C)c2)ccn1. The number of ether oxygens (including phenoxy) is 1. The van der Waals surface area contributed by atoms with E-state index in [0.717, 1.165) is 13.1 Å². The molecule has 0 aliphatic heterocycles. The van der Waals surface area contributed by atoms with Crippen molar-refractivity contribution < 1.29 is 4.74 Å². The number of benzene rings is 1. The molecule has 1 N–H and O–H groups in total. The highest BCUT2D eigenvalue weighted by molar-refractivity contribution is 5.28. The Hall–Kier alpha value is -1.87. The fourth-order valence-electron chi connectivity index (χ4n) is 2.19. The van der Waals surface area contributed by atoms with Gasteiger partial charge < -0.3 is 10.1 Å². The molecule has 0 aliphatic rings. The molecular weight excluding hydrogens is 236 g/mol. The third-order valence-electron chi connectivity index (χ3n) is 2.95. The third kappa shape index (κ3) is 4.07. The molecule has 100 valence electrons. The van der Waals surface area contributed by atoms with E-state index in [-0.39, 0.29) is 0 Å². The van der Waals surface area contributed by atoms with E-state index in [1.165, 1.54) is 22.3 Å². The van der Waals surface area contributed by atoms with Crippen molar-refractivity contribution in [1.82, 2.24) is 10.3 Å². The predicted molar refractivity (Wildman–Crippen MR) is 77.2 cm³/mol. The Kier molecular flexibility index (Phi) is 4.53. The lowest BCUT2D eigenvalue weighted by molar-refractivity contribution is 0.397. The normalized spacial score (nSPS) is 10.5. The largest absolute Gasteiger partial charge is 0.481 e. The van der Waals surface area contributed by atoms with E-state index >= 15 is 0 Å². The molecule has 0 aliphatic carbocycles. The van der Waals surface area contributed by atoms with Crippen LogP contribution in [-0.4, -0.2) is 12.1 Å². The second-order valence-corrected chi connectivity index (χ2v) is 4.81. The van der Waals surface area contributed by atoms with Crippen molar-refractivity contribution in [2.45, 2.75) is 26.9 Å². The minimum atomic E-state index is 0.658. The molecule has 0 bridgehead atoms. The van der Waals surface area contributed by atoms with Crippen LogP contribution in [0.2, 0.25) is 0 Å². The molecule has 2 rings (SSSR count). The quantitative estimate of drug-likeness (QED) is 0.893. The average molecular weight is 256 g/mol. The van der Waals surface area contributed by atoms with Gasteiger partial charge in [0.25, 0.3) is 0 Å². The van der Waals surface area contributed by atoms with Gasteiger partial charge in [0.15, 0.2) is 0 Å². The zero-order chi connectivity index (χ0) is 13.7. The maximum atomic E-state index is 5.11. The van der Waals surface area contributed by atoms with Crippen LogP contribution < -0.4 is 10.1 Å². The Balaban J connectivity index is 1.92. The second kappa shape index (κ2) is 6.34. The van der Waals surface area contributed by atoms with Crippen LogP contribution in [0.15, 0.2) is 36.5 Å². The van der Waals surface area contributed by atoms with Crippen molar-refractivity contribution in [3.8, 4) is 5.88 Å². The third-order valence-corrected chi connectivity index (χ3v) is 2.95. The molecule has 0 amide bonds. The molecule has 1 heterocycles. The van der Waals surface area contributed by atoms with Crippen LogP contribution >= 0.6 is 0 Å². The van der Waals surface area contributed by atoms with Crippen molar-refractivity contribution in [2.75, 3.05) is 7.11 Å². The average Bonchev–Trinajstić information content (AvgIpc) is 2.38. The summed E-state index contributed by atoms with van der Waals surface area (Å²) in [6, 6.07) is 10.6. The van der Waals surface area contributed by atoms with E-state index < -0.39 is 0 Å². The summed E-state index contributed by atoms with van der Waals surface area (Å²) in [7, 11) is 1.63. The molecule has 1 aromatic heterocycles. The van der Waals surface area contributed by atoms with Gasteiger partial charge >= 0.3 is 0 Å². The van der Waals surface area contributed by atoms with Crippen molar-refractivity contribution in [2.24, 2.45) is 0 Å². The van der Waals surface area contributed by atoms with E-state index in [1.54, 1.807) is 13.3 Å². The minimum Gasteiger partial charge on any atom is -0.481 e. The number of pyridine rings is 1. The topological polar surface area (TPSA) is 34.1 Å². The first-order chi connectivity index (χ1) is 9.17. The fourth-order valence-corrected chi connectivity index (χ4v) is 2.19. The molecule has 3 heteroatoms. The molecule has 2 aromatic rings. The molecular formula is C16H20N2O. The predicted octanol–water partition coefficient (Wildman–Crippen LogP) is 3.00. The summed E-state index contributed by atoms with van der Waals surface area (Å²) in [5.41, 5.74) is 5.11. The van der Waals surface area contributed by atoms with Gasteiger partial charge in [0.05, 0.1) is 7.11 Å². The van der Waals surface area contributed by atoms with E-state index in [0.29, 0.717) is 5.88 Å². The summed E-state index contributed by atoms with van der Waals surface area (Å²) in [5, 5.41) is 3.44. The van der Waals surface area contributed by atoms with Gasteiger partial charge in [0, 0.05) is 25.4 Å². The number of methoxy groups -OCH3 is 1. The maximum absolute atomic E-state index is 5.11. The van der Waals surface area contributed by atoms with E-state index in [2.05, 4.69) is 42.3 Å². The molecule has 19 heavy (non-hydrogen) atoms. The van der Waals surface area contributed by atoms with Crippen molar-refractivity contribution in [1.29, 1.82) is 0 Å². The smallest absolute Gasteiger partial charge is 0.213 e. The van der Waals surface area contributed by atoms with Gasteiger partial charge in [-0.15, -0.1) is 0 Å². The number of rotatable bonds is 5. The van der Waals surface area contributed by atoms with Crippen molar-refractivity contribution in [3.05, 3.63) is 58.8 Å². The zero-order valence-electron chi connectivity index (χ0n) is 11.7. The first kappa shape index (κ1) is 13.6. The minimum absolute atomic E-state index is 0.658. The molecule has 0 atom stereocenters. The summed E-state index contributed by atoms with van der Waals surface area (Å²) >= 11 is 0. The summed E-state index contributed by atoms with van der Waals surface area (Å²) in [5.74, 6) is 0.658. The molecule has 0 spiro atoms. The summed E-state index contributed by atoms with van der Waals surface area (Å²) < 4.78 is 5.11. The zero-order valence-corrected chi connectivity index (χ0v) is 11.7. The molecule has 0 radical (unpaired) electrons.